The van der Waals surface area contributed by atoms with Crippen LogP contribution in [-0.2, 0) is 20.8 Å². The van der Waals surface area contributed by atoms with Gasteiger partial charge >= 0.3 is 11.8 Å². The molecule has 3 aromatic carbocycles. The van der Waals surface area contributed by atoms with Crippen LogP contribution in [0.15, 0.2) is 71.8 Å². The Labute approximate surface area is 204 Å². The van der Waals surface area contributed by atoms with E-state index in [1.54, 1.807) is 36.4 Å². The summed E-state index contributed by atoms with van der Waals surface area (Å²) in [5, 5.41) is 9.29. The van der Waals surface area contributed by atoms with Gasteiger partial charge in [0.1, 0.15) is 5.75 Å². The van der Waals surface area contributed by atoms with Gasteiger partial charge in [-0.2, -0.15) is 5.10 Å². The zero-order valence-corrected chi connectivity index (χ0v) is 19.9. The summed E-state index contributed by atoms with van der Waals surface area (Å²) >= 11 is 0. The number of carbonyl (C=O) groups is 3. The number of para-hydroxylation sites is 2. The summed E-state index contributed by atoms with van der Waals surface area (Å²) in [6.45, 7) is 5.67. The van der Waals surface area contributed by atoms with Crippen LogP contribution < -0.4 is 20.8 Å². The molecule has 0 aliphatic rings. The van der Waals surface area contributed by atoms with Crippen molar-refractivity contribution in [3.8, 4) is 5.75 Å². The molecule has 0 fully saturated rings. The number of ether oxygens (including phenoxy) is 1. The molecule has 180 valence electrons. The molecule has 3 rings (SSSR count). The van der Waals surface area contributed by atoms with Crippen LogP contribution in [0.3, 0.4) is 0 Å². The molecule has 0 aliphatic carbocycles. The first-order valence-electron chi connectivity index (χ1n) is 11.2. The van der Waals surface area contributed by atoms with E-state index in [4.69, 9.17) is 4.74 Å². The topological polar surface area (TPSA) is 109 Å². The van der Waals surface area contributed by atoms with E-state index >= 15 is 0 Å². The van der Waals surface area contributed by atoms with Crippen molar-refractivity contribution in [2.75, 3.05) is 17.2 Å². The molecular weight excluding hydrogens is 444 g/mol. The van der Waals surface area contributed by atoms with Crippen LogP contribution in [0, 0.1) is 13.8 Å². The quantitative estimate of drug-likeness (QED) is 0.262. The predicted octanol–water partition coefficient (Wildman–Crippen LogP) is 3.97. The minimum Gasteiger partial charge on any atom is -0.483 e. The average Bonchev–Trinajstić information content (AvgIpc) is 2.86. The highest BCUT2D eigenvalue weighted by Gasteiger charge is 2.14. The third-order valence-electron chi connectivity index (χ3n) is 5.38. The molecule has 0 aliphatic heterocycles. The zero-order valence-electron chi connectivity index (χ0n) is 19.9. The fourth-order valence-corrected chi connectivity index (χ4v) is 3.28. The summed E-state index contributed by atoms with van der Waals surface area (Å²) in [7, 11) is 0. The van der Waals surface area contributed by atoms with E-state index in [1.807, 2.05) is 51.1 Å². The van der Waals surface area contributed by atoms with E-state index in [-0.39, 0.29) is 12.5 Å². The van der Waals surface area contributed by atoms with Crippen molar-refractivity contribution >= 4 is 35.3 Å². The maximum atomic E-state index is 12.4. The number of amides is 3. The molecule has 0 heterocycles. The molecule has 35 heavy (non-hydrogen) atoms. The first kappa shape index (κ1) is 25.2. The lowest BCUT2D eigenvalue weighted by molar-refractivity contribution is -0.136. The Balaban J connectivity index is 1.56. The highest BCUT2D eigenvalue weighted by Crippen LogP contribution is 2.19. The van der Waals surface area contributed by atoms with Crippen molar-refractivity contribution in [1.82, 2.24) is 5.43 Å². The molecule has 0 atom stereocenters. The summed E-state index contributed by atoms with van der Waals surface area (Å²) in [5.41, 5.74) is 7.05. The van der Waals surface area contributed by atoms with E-state index in [0.717, 1.165) is 28.8 Å². The second-order valence-corrected chi connectivity index (χ2v) is 7.79. The van der Waals surface area contributed by atoms with Crippen LogP contribution in [-0.4, -0.2) is 30.5 Å². The average molecular weight is 473 g/mol. The minimum atomic E-state index is -0.904. The van der Waals surface area contributed by atoms with E-state index in [9.17, 15) is 14.4 Å². The Hall–Kier alpha value is -4.46. The van der Waals surface area contributed by atoms with Crippen LogP contribution in [0.25, 0.3) is 0 Å². The summed E-state index contributed by atoms with van der Waals surface area (Å²) in [5.74, 6) is -1.63. The summed E-state index contributed by atoms with van der Waals surface area (Å²) in [6.07, 6.45) is 2.07. The molecule has 3 aromatic rings. The van der Waals surface area contributed by atoms with Gasteiger partial charge in [-0.25, -0.2) is 5.43 Å². The Kier molecular flexibility index (Phi) is 8.72. The zero-order chi connectivity index (χ0) is 25.2. The third-order valence-corrected chi connectivity index (χ3v) is 5.38. The van der Waals surface area contributed by atoms with Crippen LogP contribution in [0.2, 0.25) is 0 Å². The number of carbonyl (C=O) groups excluding carboxylic acids is 3. The molecule has 0 unspecified atom stereocenters. The maximum absolute atomic E-state index is 12.4. The molecule has 0 aromatic heterocycles. The Morgan fingerprint density at radius 3 is 2.37 bits per heavy atom. The van der Waals surface area contributed by atoms with Gasteiger partial charge in [-0.05, 0) is 61.2 Å². The number of hydrogen-bond acceptors (Lipinski definition) is 5. The third kappa shape index (κ3) is 7.01. The van der Waals surface area contributed by atoms with Gasteiger partial charge in [-0.15, -0.1) is 0 Å². The second kappa shape index (κ2) is 12.1. The number of benzene rings is 3. The van der Waals surface area contributed by atoms with Gasteiger partial charge in [0.25, 0.3) is 5.91 Å². The fourth-order valence-electron chi connectivity index (χ4n) is 3.28. The van der Waals surface area contributed by atoms with Crippen molar-refractivity contribution in [2.24, 2.45) is 5.10 Å². The van der Waals surface area contributed by atoms with Crippen LogP contribution in [0.4, 0.5) is 11.4 Å². The summed E-state index contributed by atoms with van der Waals surface area (Å²) in [6, 6.07) is 19.9. The van der Waals surface area contributed by atoms with Crippen molar-refractivity contribution in [3.05, 3.63) is 89.0 Å². The lowest BCUT2D eigenvalue weighted by Crippen LogP contribution is -2.32. The van der Waals surface area contributed by atoms with Crippen molar-refractivity contribution < 1.29 is 19.1 Å². The van der Waals surface area contributed by atoms with E-state index in [1.165, 1.54) is 6.21 Å². The first-order valence-corrected chi connectivity index (χ1v) is 11.2. The molecule has 0 bridgehead atoms. The highest BCUT2D eigenvalue weighted by atomic mass is 16.5. The number of rotatable bonds is 8. The Morgan fingerprint density at radius 2 is 1.57 bits per heavy atom. The Bertz CT molecular complexity index is 1250. The molecule has 0 radical (unpaired) electrons. The normalized spacial score (nSPS) is 10.6. The standard InChI is InChI=1S/C27H28N4O4/c1-4-20-11-5-7-13-23(20)30-26(33)27(34)31-28-16-21-12-6-8-15-24(21)35-17-25(32)29-22-14-9-10-18(2)19(22)3/h5-16H,4,17H2,1-3H3,(H,29,32)(H,30,33)(H,31,34)/b28-16-. The van der Waals surface area contributed by atoms with Crippen LogP contribution >= 0.6 is 0 Å². The molecule has 0 saturated carbocycles. The van der Waals surface area contributed by atoms with Gasteiger partial charge in [0.2, 0.25) is 0 Å². The predicted molar refractivity (Wildman–Crippen MR) is 137 cm³/mol. The van der Waals surface area contributed by atoms with Crippen molar-refractivity contribution in [3.63, 3.8) is 0 Å². The number of hydrazone groups is 1. The number of nitrogens with zero attached hydrogens (tertiary/aromatic N) is 1. The van der Waals surface area contributed by atoms with E-state index < -0.39 is 11.8 Å². The van der Waals surface area contributed by atoms with Gasteiger partial charge in [0, 0.05) is 16.9 Å². The lowest BCUT2D eigenvalue weighted by Gasteiger charge is -2.12. The van der Waals surface area contributed by atoms with Gasteiger partial charge in [0.15, 0.2) is 6.61 Å². The van der Waals surface area contributed by atoms with E-state index in [0.29, 0.717) is 17.0 Å². The number of hydrogen-bond donors (Lipinski definition) is 3. The second-order valence-electron chi connectivity index (χ2n) is 7.79. The highest BCUT2D eigenvalue weighted by molar-refractivity contribution is 6.39. The van der Waals surface area contributed by atoms with Crippen molar-refractivity contribution in [2.45, 2.75) is 27.2 Å². The lowest BCUT2D eigenvalue weighted by atomic mass is 10.1. The molecule has 3 amide bonds. The monoisotopic (exact) mass is 472 g/mol. The van der Waals surface area contributed by atoms with Gasteiger partial charge in [-0.1, -0.05) is 49.4 Å². The fraction of sp³-hybridized carbons (Fsp3) is 0.185. The largest absolute Gasteiger partial charge is 0.483 e. The number of anilines is 2. The molecule has 0 saturated heterocycles. The smallest absolute Gasteiger partial charge is 0.329 e. The number of aryl methyl sites for hydroxylation is 2. The SMILES string of the molecule is CCc1ccccc1NC(=O)C(=O)N/N=C\c1ccccc1OCC(=O)Nc1cccc(C)c1C. The van der Waals surface area contributed by atoms with Crippen LogP contribution in [0.5, 0.6) is 5.75 Å². The number of nitrogens with one attached hydrogen (secondary N) is 3. The first-order chi connectivity index (χ1) is 16.9. The molecule has 8 heteroatoms. The summed E-state index contributed by atoms with van der Waals surface area (Å²) < 4.78 is 5.66. The Morgan fingerprint density at radius 1 is 0.857 bits per heavy atom. The van der Waals surface area contributed by atoms with Gasteiger partial charge in [-0.3, -0.25) is 14.4 Å². The molecule has 0 spiro atoms. The molecular formula is C27H28N4O4. The van der Waals surface area contributed by atoms with Gasteiger partial charge in [0.05, 0.1) is 6.21 Å². The van der Waals surface area contributed by atoms with E-state index in [2.05, 4.69) is 21.2 Å². The van der Waals surface area contributed by atoms with Gasteiger partial charge < -0.3 is 15.4 Å². The molecule has 3 N–H and O–H groups in total. The molecule has 8 nitrogen and oxygen atoms in total. The van der Waals surface area contributed by atoms with Crippen LogP contribution in [0.1, 0.15) is 29.2 Å². The van der Waals surface area contributed by atoms with Crippen molar-refractivity contribution in [1.29, 1.82) is 0 Å². The maximum Gasteiger partial charge on any atom is 0.329 e. The minimum absolute atomic E-state index is 0.205. The summed E-state index contributed by atoms with van der Waals surface area (Å²) in [4.78, 5) is 36.7.